The number of rotatable bonds is 6. The summed E-state index contributed by atoms with van der Waals surface area (Å²) in [6.07, 6.45) is 2.58. The molecule has 0 saturated heterocycles. The van der Waals surface area contributed by atoms with Crippen LogP contribution in [-0.4, -0.2) is 30.6 Å². The zero-order chi connectivity index (χ0) is 12.3. The van der Waals surface area contributed by atoms with Crippen LogP contribution in [0.15, 0.2) is 30.3 Å². The maximum Gasteiger partial charge on any atom is 0.0529 e. The van der Waals surface area contributed by atoms with Crippen LogP contribution < -0.4 is 5.32 Å². The van der Waals surface area contributed by atoms with Crippen LogP contribution >= 0.6 is 0 Å². The number of hydrogen-bond donors (Lipinski definition) is 1. The van der Waals surface area contributed by atoms with E-state index >= 15 is 0 Å². The highest BCUT2D eigenvalue weighted by molar-refractivity contribution is 5.27. The molecule has 17 heavy (non-hydrogen) atoms. The molecule has 0 heterocycles. The van der Waals surface area contributed by atoms with E-state index in [0.29, 0.717) is 11.6 Å². The molecule has 2 rings (SSSR count). The Kier molecular flexibility index (Phi) is 3.85. The molecule has 1 fully saturated rings. The lowest BCUT2D eigenvalue weighted by Gasteiger charge is -2.36. The second-order valence-corrected chi connectivity index (χ2v) is 4.94. The molecule has 1 N–H and O–H groups in total. The first-order chi connectivity index (χ1) is 8.27. The van der Waals surface area contributed by atoms with Gasteiger partial charge in [0.25, 0.3) is 0 Å². The van der Waals surface area contributed by atoms with Gasteiger partial charge in [-0.2, -0.15) is 0 Å². The van der Waals surface area contributed by atoms with Gasteiger partial charge in [0.15, 0.2) is 0 Å². The Bertz CT molecular complexity index is 339. The van der Waals surface area contributed by atoms with Crippen LogP contribution in [0.5, 0.6) is 0 Å². The van der Waals surface area contributed by atoms with Crippen molar-refractivity contribution in [3.63, 3.8) is 0 Å². The van der Waals surface area contributed by atoms with E-state index in [4.69, 9.17) is 0 Å². The van der Waals surface area contributed by atoms with E-state index in [0.717, 1.165) is 13.1 Å². The van der Waals surface area contributed by atoms with E-state index in [2.05, 4.69) is 61.4 Å². The van der Waals surface area contributed by atoms with Gasteiger partial charge in [0.05, 0.1) is 6.04 Å². The molecule has 1 aromatic rings. The van der Waals surface area contributed by atoms with E-state index in [1.165, 1.54) is 18.4 Å². The highest BCUT2D eigenvalue weighted by Crippen LogP contribution is 2.48. The van der Waals surface area contributed by atoms with Crippen molar-refractivity contribution in [2.24, 2.45) is 0 Å². The Morgan fingerprint density at radius 2 is 1.76 bits per heavy atom. The average Bonchev–Trinajstić information content (AvgIpc) is 3.17. The average molecular weight is 232 g/mol. The third kappa shape index (κ3) is 2.38. The van der Waals surface area contributed by atoms with E-state index < -0.39 is 0 Å². The Morgan fingerprint density at radius 1 is 1.18 bits per heavy atom. The predicted octanol–water partition coefficient (Wildman–Crippen LogP) is 2.82. The van der Waals surface area contributed by atoms with Crippen molar-refractivity contribution in [2.45, 2.75) is 38.3 Å². The standard InChI is InChI=1S/C15H24N2/c1-4-17(5-2)14(15(16-3)11-12-15)13-9-7-6-8-10-13/h6-10,14,16H,4-5,11-12H2,1-3H3. The van der Waals surface area contributed by atoms with E-state index in [9.17, 15) is 0 Å². The van der Waals surface area contributed by atoms with Gasteiger partial charge in [-0.3, -0.25) is 4.90 Å². The highest BCUT2D eigenvalue weighted by Gasteiger charge is 2.50. The van der Waals surface area contributed by atoms with Crippen LogP contribution in [0.3, 0.4) is 0 Å². The van der Waals surface area contributed by atoms with Crippen molar-refractivity contribution < 1.29 is 0 Å². The molecular formula is C15H24N2. The highest BCUT2D eigenvalue weighted by atomic mass is 15.2. The largest absolute Gasteiger partial charge is 0.313 e. The SMILES string of the molecule is CCN(CC)C(c1ccccc1)C1(NC)CC1. The molecule has 1 unspecified atom stereocenters. The maximum absolute atomic E-state index is 3.56. The maximum atomic E-state index is 3.56. The topological polar surface area (TPSA) is 15.3 Å². The van der Waals surface area contributed by atoms with Gasteiger partial charge >= 0.3 is 0 Å². The molecule has 0 aromatic heterocycles. The smallest absolute Gasteiger partial charge is 0.0529 e. The van der Waals surface area contributed by atoms with Gasteiger partial charge in [-0.15, -0.1) is 0 Å². The van der Waals surface area contributed by atoms with Crippen LogP contribution in [0.1, 0.15) is 38.3 Å². The Labute approximate surface area is 105 Å². The Hall–Kier alpha value is -0.860. The summed E-state index contributed by atoms with van der Waals surface area (Å²) in [6.45, 7) is 6.73. The first-order valence-electron chi connectivity index (χ1n) is 6.75. The molecular weight excluding hydrogens is 208 g/mol. The van der Waals surface area contributed by atoms with Crippen LogP contribution in [-0.2, 0) is 0 Å². The van der Waals surface area contributed by atoms with Crippen LogP contribution in [0.4, 0.5) is 0 Å². The Balaban J connectivity index is 2.31. The molecule has 0 spiro atoms. The number of nitrogens with one attached hydrogen (secondary N) is 1. The van der Waals surface area contributed by atoms with Gasteiger partial charge in [-0.1, -0.05) is 44.2 Å². The molecule has 1 aromatic carbocycles. The summed E-state index contributed by atoms with van der Waals surface area (Å²) < 4.78 is 0. The molecule has 1 aliphatic rings. The first-order valence-corrected chi connectivity index (χ1v) is 6.75. The number of hydrogen-bond acceptors (Lipinski definition) is 2. The van der Waals surface area contributed by atoms with Crippen molar-refractivity contribution >= 4 is 0 Å². The quantitative estimate of drug-likeness (QED) is 0.811. The Morgan fingerprint density at radius 3 is 2.18 bits per heavy atom. The summed E-state index contributed by atoms with van der Waals surface area (Å²) in [5, 5.41) is 3.56. The molecule has 0 aliphatic heterocycles. The third-order valence-corrected chi connectivity index (χ3v) is 4.10. The lowest BCUT2D eigenvalue weighted by molar-refractivity contribution is 0.165. The van der Waals surface area contributed by atoms with Gasteiger partial charge in [-0.25, -0.2) is 0 Å². The molecule has 1 saturated carbocycles. The van der Waals surface area contributed by atoms with Crippen LogP contribution in [0, 0.1) is 0 Å². The van der Waals surface area contributed by atoms with Crippen molar-refractivity contribution in [1.29, 1.82) is 0 Å². The number of nitrogens with zero attached hydrogens (tertiary/aromatic N) is 1. The van der Waals surface area contributed by atoms with Crippen molar-refractivity contribution in [3.05, 3.63) is 35.9 Å². The summed E-state index contributed by atoms with van der Waals surface area (Å²) in [4.78, 5) is 2.57. The molecule has 0 bridgehead atoms. The summed E-state index contributed by atoms with van der Waals surface area (Å²) in [5.41, 5.74) is 1.76. The fourth-order valence-corrected chi connectivity index (χ4v) is 2.90. The minimum atomic E-state index is 0.313. The fourth-order valence-electron chi connectivity index (χ4n) is 2.90. The minimum Gasteiger partial charge on any atom is -0.313 e. The van der Waals surface area contributed by atoms with Crippen molar-refractivity contribution in [2.75, 3.05) is 20.1 Å². The first kappa shape index (κ1) is 12.6. The number of likely N-dealkylation sites (N-methyl/N-ethyl adjacent to an activating group) is 2. The molecule has 0 radical (unpaired) electrons. The second kappa shape index (κ2) is 5.19. The molecule has 2 heteroatoms. The van der Waals surface area contributed by atoms with Gasteiger partial charge in [-0.05, 0) is 38.5 Å². The van der Waals surface area contributed by atoms with Crippen LogP contribution in [0.25, 0.3) is 0 Å². The summed E-state index contributed by atoms with van der Waals surface area (Å²) in [6, 6.07) is 11.4. The van der Waals surface area contributed by atoms with Gasteiger partial charge < -0.3 is 5.32 Å². The summed E-state index contributed by atoms with van der Waals surface area (Å²) in [5.74, 6) is 0. The van der Waals surface area contributed by atoms with E-state index in [1.54, 1.807) is 0 Å². The summed E-state index contributed by atoms with van der Waals surface area (Å²) in [7, 11) is 2.10. The lowest BCUT2D eigenvalue weighted by Crippen LogP contribution is -2.44. The zero-order valence-corrected chi connectivity index (χ0v) is 11.2. The molecule has 2 nitrogen and oxygen atoms in total. The van der Waals surface area contributed by atoms with Gasteiger partial charge in [0, 0.05) is 5.54 Å². The second-order valence-electron chi connectivity index (χ2n) is 4.94. The molecule has 1 aliphatic carbocycles. The minimum absolute atomic E-state index is 0.313. The molecule has 94 valence electrons. The fraction of sp³-hybridized carbons (Fsp3) is 0.600. The zero-order valence-electron chi connectivity index (χ0n) is 11.2. The van der Waals surface area contributed by atoms with Gasteiger partial charge in [0.2, 0.25) is 0 Å². The van der Waals surface area contributed by atoms with E-state index in [1.807, 2.05) is 0 Å². The van der Waals surface area contributed by atoms with Gasteiger partial charge in [0.1, 0.15) is 0 Å². The van der Waals surface area contributed by atoms with Crippen molar-refractivity contribution in [1.82, 2.24) is 10.2 Å². The predicted molar refractivity (Wildman–Crippen MR) is 73.1 cm³/mol. The van der Waals surface area contributed by atoms with Crippen LogP contribution in [0.2, 0.25) is 0 Å². The molecule has 1 atom stereocenters. The summed E-state index contributed by atoms with van der Waals surface area (Å²) >= 11 is 0. The third-order valence-electron chi connectivity index (χ3n) is 4.10. The lowest BCUT2D eigenvalue weighted by atomic mass is 9.95. The normalized spacial score (nSPS) is 19.3. The molecule has 0 amide bonds. The van der Waals surface area contributed by atoms with Crippen molar-refractivity contribution in [3.8, 4) is 0 Å². The van der Waals surface area contributed by atoms with E-state index in [-0.39, 0.29) is 0 Å². The number of benzene rings is 1. The monoisotopic (exact) mass is 232 g/mol.